The first-order valence-corrected chi connectivity index (χ1v) is 15.9. The quantitative estimate of drug-likeness (QED) is 0.156. The van der Waals surface area contributed by atoms with E-state index in [1.54, 1.807) is 0 Å². The second-order valence-corrected chi connectivity index (χ2v) is 12.8. The average molecular weight is 594 g/mol. The minimum absolute atomic E-state index is 0.00356. The number of carbonyl (C=O) groups excluding carboxylic acids is 1. The van der Waals surface area contributed by atoms with Crippen LogP contribution in [0.25, 0.3) is 22.0 Å². The summed E-state index contributed by atoms with van der Waals surface area (Å²) in [5.41, 5.74) is 6.83. The molecule has 1 atom stereocenters. The predicted molar refractivity (Wildman–Crippen MR) is 174 cm³/mol. The Kier molecular flexibility index (Phi) is 9.03. The third kappa shape index (κ3) is 6.99. The number of fused-ring (bicyclic) bond motifs is 1. The van der Waals surface area contributed by atoms with Gasteiger partial charge in [-0.2, -0.15) is 5.10 Å². The van der Waals surface area contributed by atoms with Crippen LogP contribution in [0.15, 0.2) is 79.0 Å². The number of hydrogen-bond acceptors (Lipinski definition) is 5. The van der Waals surface area contributed by atoms with Crippen molar-refractivity contribution in [3.05, 3.63) is 95.7 Å². The third-order valence-corrected chi connectivity index (χ3v) is 8.36. The summed E-state index contributed by atoms with van der Waals surface area (Å²) >= 11 is 0. The first-order chi connectivity index (χ1) is 21.4. The lowest BCUT2D eigenvalue weighted by Crippen LogP contribution is -2.34. The zero-order valence-corrected chi connectivity index (χ0v) is 26.1. The summed E-state index contributed by atoms with van der Waals surface area (Å²) in [5, 5.41) is 8.62. The molecule has 3 aromatic carbocycles. The molecule has 6 rings (SSSR count). The number of ether oxygens (including phenoxy) is 3. The van der Waals surface area contributed by atoms with Gasteiger partial charge in [0.2, 0.25) is 0 Å². The van der Waals surface area contributed by atoms with Crippen molar-refractivity contribution in [1.82, 2.24) is 15.1 Å². The number of amides is 1. The molecule has 1 aliphatic carbocycles. The number of benzene rings is 3. The Morgan fingerprint density at radius 1 is 0.932 bits per heavy atom. The molecule has 4 aromatic rings. The summed E-state index contributed by atoms with van der Waals surface area (Å²) in [6.45, 7) is 7.04. The van der Waals surface area contributed by atoms with Crippen molar-refractivity contribution in [2.45, 2.75) is 71.1 Å². The highest BCUT2D eigenvalue weighted by molar-refractivity contribution is 6.01. The van der Waals surface area contributed by atoms with Crippen LogP contribution < -0.4 is 10.1 Å². The number of allylic oxidation sites excluding steroid dienone is 1. The van der Waals surface area contributed by atoms with Crippen LogP contribution in [-0.4, -0.2) is 41.2 Å². The number of carbonyl (C=O) groups is 1. The van der Waals surface area contributed by atoms with Crippen molar-refractivity contribution >= 4 is 28.1 Å². The third-order valence-electron chi connectivity index (χ3n) is 8.36. The number of rotatable bonds is 9. The molecule has 2 heterocycles. The standard InChI is InChI=1S/C37H43N3O4/c1-37(2,3)44-36(41)38-21-23-42-31-18-15-28(16-19-31)35(34(27-12-9-13-27)26-10-5-4-6-11-26)29-17-20-32-30(24-29)25-39-40(32)33-14-7-8-22-43-33/h4-6,10-11,15-20,24-25,27,33H,7-9,12-14,21-23H2,1-3H3,(H,38,41)/b35-34-. The lowest BCUT2D eigenvalue weighted by molar-refractivity contribution is -0.0366. The summed E-state index contributed by atoms with van der Waals surface area (Å²) in [7, 11) is 0. The second kappa shape index (κ2) is 13.3. The molecule has 1 N–H and O–H groups in total. The van der Waals surface area contributed by atoms with Gasteiger partial charge in [0.15, 0.2) is 6.23 Å². The first kappa shape index (κ1) is 29.9. The Hall–Kier alpha value is -4.10. The molecule has 2 aliphatic rings. The molecule has 0 spiro atoms. The molecule has 2 fully saturated rings. The Morgan fingerprint density at radius 2 is 1.70 bits per heavy atom. The van der Waals surface area contributed by atoms with Crippen molar-refractivity contribution in [2.24, 2.45) is 5.92 Å². The molecule has 1 aliphatic heterocycles. The van der Waals surface area contributed by atoms with Gasteiger partial charge in [-0.05, 0) is 111 Å². The molecule has 230 valence electrons. The van der Waals surface area contributed by atoms with Crippen LogP contribution in [0.4, 0.5) is 4.79 Å². The van der Waals surface area contributed by atoms with Crippen LogP contribution >= 0.6 is 0 Å². The fourth-order valence-electron chi connectivity index (χ4n) is 6.09. The van der Waals surface area contributed by atoms with Crippen LogP contribution in [0, 0.1) is 5.92 Å². The lowest BCUT2D eigenvalue weighted by Gasteiger charge is -2.31. The van der Waals surface area contributed by atoms with Gasteiger partial charge in [0.05, 0.1) is 18.3 Å². The summed E-state index contributed by atoms with van der Waals surface area (Å²) < 4.78 is 19.4. The molecule has 1 aromatic heterocycles. The summed E-state index contributed by atoms with van der Waals surface area (Å²) in [4.78, 5) is 11.9. The SMILES string of the molecule is CC(C)(C)OC(=O)NCCOc1ccc(/C(=C(\c2ccccc2)C2CCC2)c2ccc3c(cnn3C3CCCCO3)c2)cc1. The van der Waals surface area contributed by atoms with E-state index >= 15 is 0 Å². The van der Waals surface area contributed by atoms with E-state index in [9.17, 15) is 4.79 Å². The van der Waals surface area contributed by atoms with E-state index in [0.717, 1.165) is 41.7 Å². The number of hydrogen-bond donors (Lipinski definition) is 1. The van der Waals surface area contributed by atoms with Gasteiger partial charge >= 0.3 is 6.09 Å². The van der Waals surface area contributed by atoms with Crippen LogP contribution in [0.3, 0.4) is 0 Å². The molecule has 0 radical (unpaired) electrons. The fraction of sp³-hybridized carbons (Fsp3) is 0.405. The smallest absolute Gasteiger partial charge is 0.407 e. The van der Waals surface area contributed by atoms with E-state index in [-0.39, 0.29) is 6.23 Å². The number of nitrogens with one attached hydrogen (secondary N) is 1. The van der Waals surface area contributed by atoms with E-state index in [4.69, 9.17) is 19.3 Å². The minimum Gasteiger partial charge on any atom is -0.492 e. The van der Waals surface area contributed by atoms with Crippen LogP contribution in [-0.2, 0) is 9.47 Å². The number of nitrogens with zero attached hydrogens (tertiary/aromatic N) is 2. The fourth-order valence-corrected chi connectivity index (χ4v) is 6.09. The van der Waals surface area contributed by atoms with Gasteiger partial charge in [0.25, 0.3) is 0 Å². The average Bonchev–Trinajstić information content (AvgIpc) is 3.42. The van der Waals surface area contributed by atoms with Crippen molar-refractivity contribution in [3.8, 4) is 5.75 Å². The van der Waals surface area contributed by atoms with E-state index in [1.165, 1.54) is 48.0 Å². The van der Waals surface area contributed by atoms with E-state index in [1.807, 2.05) is 39.1 Å². The molecule has 0 bridgehead atoms. The van der Waals surface area contributed by atoms with Gasteiger partial charge in [0, 0.05) is 12.0 Å². The first-order valence-electron chi connectivity index (χ1n) is 15.9. The van der Waals surface area contributed by atoms with E-state index in [2.05, 4.69) is 70.7 Å². The maximum absolute atomic E-state index is 11.9. The highest BCUT2D eigenvalue weighted by Gasteiger charge is 2.28. The molecule has 1 unspecified atom stereocenters. The summed E-state index contributed by atoms with van der Waals surface area (Å²) in [6, 6.07) is 25.9. The maximum atomic E-state index is 11.9. The minimum atomic E-state index is -0.529. The van der Waals surface area contributed by atoms with Crippen LogP contribution in [0.5, 0.6) is 5.75 Å². The number of aromatic nitrogens is 2. The van der Waals surface area contributed by atoms with Crippen molar-refractivity contribution in [2.75, 3.05) is 19.8 Å². The molecule has 1 saturated carbocycles. The molecule has 1 amide bonds. The number of alkyl carbamates (subject to hydrolysis) is 1. The molecule has 7 heteroatoms. The summed E-state index contributed by atoms with van der Waals surface area (Å²) in [5.74, 6) is 1.27. The Morgan fingerprint density at radius 3 is 2.39 bits per heavy atom. The molecule has 1 saturated heterocycles. The maximum Gasteiger partial charge on any atom is 0.407 e. The molecular weight excluding hydrogens is 550 g/mol. The van der Waals surface area contributed by atoms with Gasteiger partial charge in [0.1, 0.15) is 18.0 Å². The molecule has 44 heavy (non-hydrogen) atoms. The Balaban J connectivity index is 1.30. The normalized spacial score (nSPS) is 17.9. The van der Waals surface area contributed by atoms with Crippen molar-refractivity contribution < 1.29 is 19.0 Å². The lowest BCUT2D eigenvalue weighted by atomic mass is 9.73. The topological polar surface area (TPSA) is 74.6 Å². The summed E-state index contributed by atoms with van der Waals surface area (Å²) in [6.07, 6.45) is 8.46. The van der Waals surface area contributed by atoms with Gasteiger partial charge < -0.3 is 19.5 Å². The highest BCUT2D eigenvalue weighted by atomic mass is 16.6. The molecule has 7 nitrogen and oxygen atoms in total. The Bertz CT molecular complexity index is 1590. The monoisotopic (exact) mass is 593 g/mol. The van der Waals surface area contributed by atoms with Gasteiger partial charge in [-0.3, -0.25) is 0 Å². The van der Waals surface area contributed by atoms with Crippen molar-refractivity contribution in [3.63, 3.8) is 0 Å². The van der Waals surface area contributed by atoms with Crippen molar-refractivity contribution in [1.29, 1.82) is 0 Å². The Labute approximate surface area is 260 Å². The van der Waals surface area contributed by atoms with Gasteiger partial charge in [-0.1, -0.05) is 55.0 Å². The largest absolute Gasteiger partial charge is 0.492 e. The second-order valence-electron chi connectivity index (χ2n) is 12.8. The van der Waals surface area contributed by atoms with E-state index in [0.29, 0.717) is 19.1 Å². The zero-order valence-electron chi connectivity index (χ0n) is 26.1. The van der Waals surface area contributed by atoms with Crippen LogP contribution in [0.2, 0.25) is 0 Å². The van der Waals surface area contributed by atoms with Gasteiger partial charge in [-0.25, -0.2) is 9.48 Å². The predicted octanol–water partition coefficient (Wildman–Crippen LogP) is 8.40. The van der Waals surface area contributed by atoms with Gasteiger partial charge in [-0.15, -0.1) is 0 Å². The zero-order chi connectivity index (χ0) is 30.5. The molecular formula is C37H43N3O4. The van der Waals surface area contributed by atoms with E-state index < -0.39 is 11.7 Å². The highest BCUT2D eigenvalue weighted by Crippen LogP contribution is 2.45. The van der Waals surface area contributed by atoms with Crippen LogP contribution in [0.1, 0.15) is 82.2 Å².